The molecule has 3 aromatic rings. The van der Waals surface area contributed by atoms with E-state index in [1.807, 2.05) is 30.3 Å². The molecule has 3 aromatic carbocycles. The molecule has 144 valence electrons. The molecule has 7 heteroatoms. The lowest BCUT2D eigenvalue weighted by atomic mass is 10.2. The highest BCUT2D eigenvalue weighted by atomic mass is 35.5. The third-order valence-corrected chi connectivity index (χ3v) is 6.05. The van der Waals surface area contributed by atoms with Crippen molar-refractivity contribution in [3.8, 4) is 0 Å². The van der Waals surface area contributed by atoms with E-state index in [0.717, 1.165) is 9.87 Å². The van der Waals surface area contributed by atoms with Gasteiger partial charge in [-0.05, 0) is 35.9 Å². The number of nitrogens with zero attached hydrogens (tertiary/aromatic N) is 1. The van der Waals surface area contributed by atoms with Crippen LogP contribution in [0.2, 0.25) is 5.02 Å². The highest BCUT2D eigenvalue weighted by Gasteiger charge is 2.26. The Bertz CT molecular complexity index is 1040. The van der Waals surface area contributed by atoms with Crippen molar-refractivity contribution in [2.45, 2.75) is 11.4 Å². The molecule has 0 aliphatic rings. The third-order valence-electron chi connectivity index (χ3n) is 4.01. The third kappa shape index (κ3) is 5.19. The Labute approximate surface area is 169 Å². The van der Waals surface area contributed by atoms with E-state index < -0.39 is 15.9 Å². The number of anilines is 1. The van der Waals surface area contributed by atoms with Gasteiger partial charge in [0.15, 0.2) is 0 Å². The fourth-order valence-electron chi connectivity index (χ4n) is 2.68. The number of carbonyl (C=O) groups is 1. The average molecular weight is 415 g/mol. The topological polar surface area (TPSA) is 66.5 Å². The lowest BCUT2D eigenvalue weighted by molar-refractivity contribution is -0.116. The van der Waals surface area contributed by atoms with Crippen LogP contribution in [0.15, 0.2) is 89.8 Å². The maximum Gasteiger partial charge on any atom is 0.243 e. The summed E-state index contributed by atoms with van der Waals surface area (Å²) in [6.07, 6.45) is 0. The van der Waals surface area contributed by atoms with Crippen LogP contribution in [-0.4, -0.2) is 25.2 Å². The number of amides is 1. The first-order chi connectivity index (χ1) is 13.4. The van der Waals surface area contributed by atoms with Gasteiger partial charge in [-0.15, -0.1) is 0 Å². The Morgan fingerprint density at radius 1 is 0.893 bits per heavy atom. The summed E-state index contributed by atoms with van der Waals surface area (Å²) in [4.78, 5) is 12.7. The highest BCUT2D eigenvalue weighted by Crippen LogP contribution is 2.19. The molecule has 0 aliphatic heterocycles. The van der Waals surface area contributed by atoms with E-state index >= 15 is 0 Å². The first-order valence-electron chi connectivity index (χ1n) is 8.60. The Balaban J connectivity index is 1.84. The number of rotatable bonds is 7. The van der Waals surface area contributed by atoms with Gasteiger partial charge in [0.1, 0.15) is 0 Å². The molecule has 0 radical (unpaired) electrons. The van der Waals surface area contributed by atoms with Crippen LogP contribution >= 0.6 is 11.6 Å². The van der Waals surface area contributed by atoms with Crippen LogP contribution in [0.4, 0.5) is 5.69 Å². The SMILES string of the molecule is O=C(CN(Cc1ccccc1)S(=O)(=O)c1ccccc1)Nc1cccc(Cl)c1. The zero-order valence-corrected chi connectivity index (χ0v) is 16.5. The molecule has 0 saturated heterocycles. The van der Waals surface area contributed by atoms with Crippen molar-refractivity contribution in [2.75, 3.05) is 11.9 Å². The number of nitrogens with one attached hydrogen (secondary N) is 1. The maximum atomic E-state index is 13.1. The Kier molecular flexibility index (Phi) is 6.46. The van der Waals surface area contributed by atoms with Gasteiger partial charge >= 0.3 is 0 Å². The van der Waals surface area contributed by atoms with Gasteiger partial charge in [-0.25, -0.2) is 8.42 Å². The largest absolute Gasteiger partial charge is 0.325 e. The smallest absolute Gasteiger partial charge is 0.243 e. The zero-order valence-electron chi connectivity index (χ0n) is 15.0. The molecular formula is C21H19ClN2O3S. The summed E-state index contributed by atoms with van der Waals surface area (Å²) in [5.41, 5.74) is 1.30. The molecule has 0 aliphatic carbocycles. The molecule has 0 spiro atoms. The number of halogens is 1. The van der Waals surface area contributed by atoms with Crippen molar-refractivity contribution in [3.63, 3.8) is 0 Å². The van der Waals surface area contributed by atoms with E-state index in [0.29, 0.717) is 10.7 Å². The summed E-state index contributed by atoms with van der Waals surface area (Å²) in [6.45, 7) is -0.236. The number of carbonyl (C=O) groups excluding carboxylic acids is 1. The molecule has 1 N–H and O–H groups in total. The number of hydrogen-bond donors (Lipinski definition) is 1. The highest BCUT2D eigenvalue weighted by molar-refractivity contribution is 7.89. The molecule has 1 amide bonds. The lowest BCUT2D eigenvalue weighted by Crippen LogP contribution is -2.37. The molecule has 5 nitrogen and oxygen atoms in total. The van der Waals surface area contributed by atoms with Gasteiger partial charge in [-0.1, -0.05) is 66.2 Å². The van der Waals surface area contributed by atoms with Crippen LogP contribution in [0.25, 0.3) is 0 Å². The van der Waals surface area contributed by atoms with Crippen molar-refractivity contribution >= 4 is 33.2 Å². The van der Waals surface area contributed by atoms with E-state index in [9.17, 15) is 13.2 Å². The molecule has 0 atom stereocenters. The molecule has 28 heavy (non-hydrogen) atoms. The predicted molar refractivity (Wildman–Crippen MR) is 111 cm³/mol. The fourth-order valence-corrected chi connectivity index (χ4v) is 4.28. The normalized spacial score (nSPS) is 11.4. The summed E-state index contributed by atoms with van der Waals surface area (Å²) >= 11 is 5.94. The zero-order chi connectivity index (χ0) is 20.0. The molecule has 0 unspecified atom stereocenters. The van der Waals surface area contributed by atoms with Crippen molar-refractivity contribution in [1.82, 2.24) is 4.31 Å². The quantitative estimate of drug-likeness (QED) is 0.631. The molecule has 0 fully saturated rings. The summed E-state index contributed by atoms with van der Waals surface area (Å²) in [5, 5.41) is 3.18. The van der Waals surface area contributed by atoms with Crippen molar-refractivity contribution in [1.29, 1.82) is 0 Å². The van der Waals surface area contributed by atoms with Crippen LogP contribution in [0.5, 0.6) is 0 Å². The van der Waals surface area contributed by atoms with Gasteiger partial charge in [0, 0.05) is 17.3 Å². The monoisotopic (exact) mass is 414 g/mol. The van der Waals surface area contributed by atoms with Gasteiger partial charge in [0.05, 0.1) is 11.4 Å². The number of hydrogen-bond acceptors (Lipinski definition) is 3. The summed E-state index contributed by atoms with van der Waals surface area (Å²) < 4.78 is 27.4. The van der Waals surface area contributed by atoms with Crippen LogP contribution in [-0.2, 0) is 21.4 Å². The first kappa shape index (κ1) is 20.1. The van der Waals surface area contributed by atoms with E-state index in [-0.39, 0.29) is 18.0 Å². The van der Waals surface area contributed by atoms with Gasteiger partial charge in [0.25, 0.3) is 0 Å². The second-order valence-corrected chi connectivity index (χ2v) is 8.50. The van der Waals surface area contributed by atoms with E-state index in [1.54, 1.807) is 42.5 Å². The van der Waals surface area contributed by atoms with Gasteiger partial charge in [-0.2, -0.15) is 4.31 Å². The Morgan fingerprint density at radius 2 is 1.54 bits per heavy atom. The van der Waals surface area contributed by atoms with E-state index in [2.05, 4.69) is 5.32 Å². The minimum atomic E-state index is -3.85. The molecular weight excluding hydrogens is 396 g/mol. The summed E-state index contributed by atoms with van der Waals surface area (Å²) in [6, 6.07) is 23.9. The van der Waals surface area contributed by atoms with Gasteiger partial charge < -0.3 is 5.32 Å². The standard InChI is InChI=1S/C21H19ClN2O3S/c22-18-10-7-11-19(14-18)23-21(25)16-24(15-17-8-3-1-4-9-17)28(26,27)20-12-5-2-6-13-20/h1-14H,15-16H2,(H,23,25). The molecule has 0 saturated carbocycles. The Morgan fingerprint density at radius 3 is 2.18 bits per heavy atom. The number of sulfonamides is 1. The van der Waals surface area contributed by atoms with Crippen molar-refractivity contribution in [2.24, 2.45) is 0 Å². The number of benzene rings is 3. The summed E-state index contributed by atoms with van der Waals surface area (Å²) in [5.74, 6) is -0.447. The van der Waals surface area contributed by atoms with Crippen molar-refractivity contribution in [3.05, 3.63) is 95.5 Å². The van der Waals surface area contributed by atoms with E-state index in [4.69, 9.17) is 11.6 Å². The lowest BCUT2D eigenvalue weighted by Gasteiger charge is -2.22. The molecule has 0 heterocycles. The van der Waals surface area contributed by atoms with Crippen LogP contribution in [0.3, 0.4) is 0 Å². The molecule has 0 aromatic heterocycles. The fraction of sp³-hybridized carbons (Fsp3) is 0.0952. The predicted octanol–water partition coefficient (Wildman–Crippen LogP) is 4.17. The van der Waals surface area contributed by atoms with E-state index in [1.165, 1.54) is 12.1 Å². The van der Waals surface area contributed by atoms with Gasteiger partial charge in [-0.3, -0.25) is 4.79 Å². The maximum absolute atomic E-state index is 13.1. The Hall–Kier alpha value is -2.67. The summed E-state index contributed by atoms with van der Waals surface area (Å²) in [7, 11) is -3.85. The minimum Gasteiger partial charge on any atom is -0.325 e. The second kappa shape index (κ2) is 9.01. The molecule has 0 bridgehead atoms. The van der Waals surface area contributed by atoms with Crippen LogP contribution in [0, 0.1) is 0 Å². The first-order valence-corrected chi connectivity index (χ1v) is 10.4. The second-order valence-electron chi connectivity index (χ2n) is 6.13. The van der Waals surface area contributed by atoms with Gasteiger partial charge in [0.2, 0.25) is 15.9 Å². The van der Waals surface area contributed by atoms with Crippen LogP contribution in [0.1, 0.15) is 5.56 Å². The van der Waals surface area contributed by atoms with Crippen molar-refractivity contribution < 1.29 is 13.2 Å². The average Bonchev–Trinajstić information content (AvgIpc) is 2.69. The van der Waals surface area contributed by atoms with Crippen LogP contribution < -0.4 is 5.32 Å². The molecule has 3 rings (SSSR count). The minimum absolute atomic E-state index is 0.0844.